The molecule has 0 atom stereocenters. The van der Waals surface area contributed by atoms with Gasteiger partial charge in [0.2, 0.25) is 5.91 Å². The Kier molecular flexibility index (Phi) is 6.34. The molecule has 1 amide bonds. The molecule has 1 aromatic heterocycles. The highest BCUT2D eigenvalue weighted by Crippen LogP contribution is 2.21. The van der Waals surface area contributed by atoms with Crippen LogP contribution in [-0.2, 0) is 11.3 Å². The SMILES string of the molecule is CC(C)(CNC(=O)Cn1c(-c2ccc(Cl)cc2)n[nH]c1=S)N1CCCCC1. The molecule has 6 nitrogen and oxygen atoms in total. The van der Waals surface area contributed by atoms with Crippen molar-refractivity contribution in [3.8, 4) is 11.4 Å². The topological polar surface area (TPSA) is 66.0 Å². The van der Waals surface area contributed by atoms with Gasteiger partial charge in [0.15, 0.2) is 10.6 Å². The van der Waals surface area contributed by atoms with E-state index in [9.17, 15) is 4.79 Å². The van der Waals surface area contributed by atoms with E-state index in [1.807, 2.05) is 12.1 Å². The zero-order valence-electron chi connectivity index (χ0n) is 15.8. The van der Waals surface area contributed by atoms with E-state index < -0.39 is 0 Å². The number of benzene rings is 1. The number of hydrogen-bond acceptors (Lipinski definition) is 4. The molecule has 0 saturated carbocycles. The monoisotopic (exact) mass is 407 g/mol. The van der Waals surface area contributed by atoms with Crippen molar-refractivity contribution in [1.29, 1.82) is 0 Å². The lowest BCUT2D eigenvalue weighted by molar-refractivity contribution is -0.122. The number of halogens is 1. The summed E-state index contributed by atoms with van der Waals surface area (Å²) in [5.41, 5.74) is 0.792. The van der Waals surface area contributed by atoms with Gasteiger partial charge in [0, 0.05) is 22.7 Å². The Balaban J connectivity index is 1.65. The Morgan fingerprint density at radius 2 is 1.93 bits per heavy atom. The van der Waals surface area contributed by atoms with Crippen LogP contribution in [0.5, 0.6) is 0 Å². The van der Waals surface area contributed by atoms with Gasteiger partial charge in [-0.25, -0.2) is 0 Å². The molecule has 2 aromatic rings. The van der Waals surface area contributed by atoms with Crippen LogP contribution in [0.1, 0.15) is 33.1 Å². The van der Waals surface area contributed by atoms with Crippen LogP contribution in [0.4, 0.5) is 0 Å². The Bertz CT molecular complexity index is 837. The average Bonchev–Trinajstić information content (AvgIpc) is 3.02. The molecular weight excluding hydrogens is 382 g/mol. The Labute approximate surface area is 169 Å². The second kappa shape index (κ2) is 8.54. The lowest BCUT2D eigenvalue weighted by atomic mass is 9.98. The van der Waals surface area contributed by atoms with Crippen molar-refractivity contribution in [2.45, 2.75) is 45.2 Å². The molecule has 0 aliphatic carbocycles. The number of nitrogens with zero attached hydrogens (tertiary/aromatic N) is 3. The third-order valence-electron chi connectivity index (χ3n) is 5.09. The van der Waals surface area contributed by atoms with Gasteiger partial charge in [-0.15, -0.1) is 0 Å². The Hall–Kier alpha value is -1.70. The first-order valence-electron chi connectivity index (χ1n) is 9.30. The van der Waals surface area contributed by atoms with Crippen LogP contribution >= 0.6 is 23.8 Å². The van der Waals surface area contributed by atoms with Gasteiger partial charge in [-0.3, -0.25) is 19.4 Å². The zero-order chi connectivity index (χ0) is 19.4. The summed E-state index contributed by atoms with van der Waals surface area (Å²) in [7, 11) is 0. The summed E-state index contributed by atoms with van der Waals surface area (Å²) in [6, 6.07) is 7.31. The number of carbonyl (C=O) groups excluding carboxylic acids is 1. The fraction of sp³-hybridized carbons (Fsp3) is 0.526. The molecule has 146 valence electrons. The largest absolute Gasteiger partial charge is 0.353 e. The zero-order valence-corrected chi connectivity index (χ0v) is 17.4. The molecule has 8 heteroatoms. The van der Waals surface area contributed by atoms with Crippen LogP contribution in [0.25, 0.3) is 11.4 Å². The normalized spacial score (nSPS) is 15.7. The minimum atomic E-state index is -0.0761. The molecule has 27 heavy (non-hydrogen) atoms. The third kappa shape index (κ3) is 4.97. The molecule has 0 unspecified atom stereocenters. The first kappa shape index (κ1) is 20.0. The first-order valence-corrected chi connectivity index (χ1v) is 10.1. The van der Waals surface area contributed by atoms with Gasteiger partial charge in [-0.2, -0.15) is 5.10 Å². The predicted octanol–water partition coefficient (Wildman–Crippen LogP) is 3.64. The molecule has 1 aliphatic heterocycles. The van der Waals surface area contributed by atoms with Crippen LogP contribution in [-0.4, -0.2) is 50.7 Å². The number of rotatable bonds is 6. The summed E-state index contributed by atoms with van der Waals surface area (Å²) < 4.78 is 2.13. The van der Waals surface area contributed by atoms with Crippen molar-refractivity contribution < 1.29 is 4.79 Å². The highest BCUT2D eigenvalue weighted by atomic mass is 35.5. The van der Waals surface area contributed by atoms with E-state index in [2.05, 4.69) is 34.3 Å². The molecule has 2 N–H and O–H groups in total. The third-order valence-corrected chi connectivity index (χ3v) is 5.66. The summed E-state index contributed by atoms with van der Waals surface area (Å²) in [4.78, 5) is 15.0. The van der Waals surface area contributed by atoms with E-state index in [-0.39, 0.29) is 18.0 Å². The summed E-state index contributed by atoms with van der Waals surface area (Å²) in [6.07, 6.45) is 3.75. The molecule has 0 radical (unpaired) electrons. The van der Waals surface area contributed by atoms with Crippen LogP contribution in [0.2, 0.25) is 5.02 Å². The molecular formula is C19H26ClN5OS. The predicted molar refractivity (Wildman–Crippen MR) is 110 cm³/mol. The number of H-pyrrole nitrogens is 1. The van der Waals surface area contributed by atoms with Gasteiger partial charge < -0.3 is 5.32 Å². The van der Waals surface area contributed by atoms with E-state index in [1.54, 1.807) is 16.7 Å². The number of piperidine rings is 1. The van der Waals surface area contributed by atoms with E-state index >= 15 is 0 Å². The van der Waals surface area contributed by atoms with Crippen LogP contribution < -0.4 is 5.32 Å². The lowest BCUT2D eigenvalue weighted by Gasteiger charge is -2.41. The number of aromatic nitrogens is 3. The van der Waals surface area contributed by atoms with Crippen molar-refractivity contribution in [2.75, 3.05) is 19.6 Å². The van der Waals surface area contributed by atoms with Crippen LogP contribution in [0.3, 0.4) is 0 Å². The minimum Gasteiger partial charge on any atom is -0.353 e. The molecule has 1 aliphatic rings. The molecule has 1 saturated heterocycles. The van der Waals surface area contributed by atoms with Crippen molar-refractivity contribution in [1.82, 2.24) is 25.0 Å². The van der Waals surface area contributed by atoms with Gasteiger partial charge in [0.25, 0.3) is 0 Å². The molecule has 0 spiro atoms. The summed E-state index contributed by atoms with van der Waals surface area (Å²) >= 11 is 11.3. The summed E-state index contributed by atoms with van der Waals surface area (Å²) in [6.45, 7) is 7.28. The fourth-order valence-electron chi connectivity index (χ4n) is 3.41. The molecule has 2 heterocycles. The van der Waals surface area contributed by atoms with Crippen LogP contribution in [0, 0.1) is 4.77 Å². The average molecular weight is 408 g/mol. The molecule has 0 bridgehead atoms. The highest BCUT2D eigenvalue weighted by molar-refractivity contribution is 7.71. The van der Waals surface area contributed by atoms with E-state index in [0.29, 0.717) is 22.2 Å². The number of aromatic amines is 1. The van der Waals surface area contributed by atoms with Crippen molar-refractivity contribution >= 4 is 29.7 Å². The fourth-order valence-corrected chi connectivity index (χ4v) is 3.73. The number of nitrogens with one attached hydrogen (secondary N) is 2. The Morgan fingerprint density at radius 1 is 1.26 bits per heavy atom. The second-order valence-electron chi connectivity index (χ2n) is 7.58. The van der Waals surface area contributed by atoms with Gasteiger partial charge in [-0.1, -0.05) is 18.0 Å². The number of carbonyl (C=O) groups is 1. The van der Waals surface area contributed by atoms with Gasteiger partial charge in [0.05, 0.1) is 0 Å². The van der Waals surface area contributed by atoms with Crippen LogP contribution in [0.15, 0.2) is 24.3 Å². The van der Waals surface area contributed by atoms with E-state index in [1.165, 1.54) is 19.3 Å². The molecule has 3 rings (SSSR count). The number of likely N-dealkylation sites (tertiary alicyclic amines) is 1. The molecule has 1 aromatic carbocycles. The Morgan fingerprint density at radius 3 is 2.59 bits per heavy atom. The lowest BCUT2D eigenvalue weighted by Crippen LogP contribution is -2.53. The number of amides is 1. The van der Waals surface area contributed by atoms with Crippen molar-refractivity contribution in [3.05, 3.63) is 34.1 Å². The van der Waals surface area contributed by atoms with Gasteiger partial charge in [-0.05, 0) is 76.3 Å². The number of hydrogen-bond donors (Lipinski definition) is 2. The minimum absolute atomic E-state index is 0.0626. The maximum Gasteiger partial charge on any atom is 0.240 e. The summed E-state index contributed by atoms with van der Waals surface area (Å²) in [5.74, 6) is 0.551. The van der Waals surface area contributed by atoms with Gasteiger partial charge in [0.1, 0.15) is 6.54 Å². The quantitative estimate of drug-likeness (QED) is 0.717. The van der Waals surface area contributed by atoms with E-state index in [0.717, 1.165) is 18.7 Å². The maximum absolute atomic E-state index is 12.6. The first-order chi connectivity index (χ1) is 12.9. The van der Waals surface area contributed by atoms with Crippen molar-refractivity contribution in [2.24, 2.45) is 0 Å². The molecule has 1 fully saturated rings. The van der Waals surface area contributed by atoms with Crippen molar-refractivity contribution in [3.63, 3.8) is 0 Å². The standard InChI is InChI=1S/C19H26ClN5OS/c1-19(2,24-10-4-3-5-11-24)13-21-16(26)12-25-17(22-23-18(25)27)14-6-8-15(20)9-7-14/h6-9H,3-5,10-13H2,1-2H3,(H,21,26)(H,23,27). The smallest absolute Gasteiger partial charge is 0.240 e. The second-order valence-corrected chi connectivity index (χ2v) is 8.41. The highest BCUT2D eigenvalue weighted by Gasteiger charge is 2.28. The maximum atomic E-state index is 12.6. The van der Waals surface area contributed by atoms with E-state index in [4.69, 9.17) is 23.8 Å². The van der Waals surface area contributed by atoms with Gasteiger partial charge >= 0.3 is 0 Å². The summed E-state index contributed by atoms with van der Waals surface area (Å²) in [5, 5.41) is 10.8.